The van der Waals surface area contributed by atoms with Gasteiger partial charge in [-0.05, 0) is 69.5 Å². The lowest BCUT2D eigenvalue weighted by molar-refractivity contribution is -0.0231. The standard InChI is InChI=1S/C27H29N5O4/c1-26(2,3)36-25(34)31-13-27(14-31)15-32-23(24(33)29-27)19-10-7-17-12-28-21(11-20(17)22(19)30-32)16-5-8-18(35-4)9-6-16/h5-6,8-9,11-12H,7,10,13-15H2,1-4H3,(H,29,33). The summed E-state index contributed by atoms with van der Waals surface area (Å²) in [5.74, 6) is 0.661. The maximum Gasteiger partial charge on any atom is 0.410 e. The van der Waals surface area contributed by atoms with Crippen molar-refractivity contribution in [3.05, 3.63) is 53.3 Å². The van der Waals surface area contributed by atoms with E-state index in [1.807, 2.05) is 55.9 Å². The number of carbonyl (C=O) groups is 2. The van der Waals surface area contributed by atoms with Gasteiger partial charge in [-0.1, -0.05) is 0 Å². The molecule has 0 saturated carbocycles. The van der Waals surface area contributed by atoms with Crippen LogP contribution in [0.2, 0.25) is 0 Å². The summed E-state index contributed by atoms with van der Waals surface area (Å²) >= 11 is 0. The Morgan fingerprint density at radius 3 is 2.56 bits per heavy atom. The third kappa shape index (κ3) is 3.70. The molecule has 1 saturated heterocycles. The Morgan fingerprint density at radius 2 is 1.86 bits per heavy atom. The number of hydrogen-bond donors (Lipinski definition) is 1. The van der Waals surface area contributed by atoms with E-state index in [-0.39, 0.29) is 12.0 Å². The van der Waals surface area contributed by atoms with Crippen LogP contribution in [0, 0.1) is 0 Å². The molecule has 2 aromatic heterocycles. The monoisotopic (exact) mass is 487 g/mol. The molecule has 3 aromatic rings. The molecular formula is C27H29N5O4. The number of aromatic nitrogens is 3. The van der Waals surface area contributed by atoms with E-state index in [0.717, 1.165) is 52.2 Å². The van der Waals surface area contributed by atoms with Crippen molar-refractivity contribution in [3.63, 3.8) is 0 Å². The predicted molar refractivity (Wildman–Crippen MR) is 133 cm³/mol. The van der Waals surface area contributed by atoms with Gasteiger partial charge in [-0.15, -0.1) is 0 Å². The highest BCUT2D eigenvalue weighted by Gasteiger charge is 2.51. The van der Waals surface area contributed by atoms with E-state index in [4.69, 9.17) is 14.6 Å². The molecular weight excluding hydrogens is 458 g/mol. The fraction of sp³-hybridized carbons (Fsp3) is 0.407. The molecule has 0 unspecified atom stereocenters. The molecule has 186 valence electrons. The molecule has 4 heterocycles. The predicted octanol–water partition coefficient (Wildman–Crippen LogP) is 3.45. The average molecular weight is 488 g/mol. The van der Waals surface area contributed by atoms with Crippen LogP contribution in [0.4, 0.5) is 4.79 Å². The number of carbonyl (C=O) groups excluding carboxylic acids is 2. The number of aryl methyl sites for hydroxylation is 1. The fourth-order valence-electron chi connectivity index (χ4n) is 5.35. The van der Waals surface area contributed by atoms with Gasteiger partial charge in [0.05, 0.1) is 43.7 Å². The third-order valence-electron chi connectivity index (χ3n) is 7.01. The van der Waals surface area contributed by atoms with Crippen LogP contribution in [0.1, 0.15) is 42.4 Å². The van der Waals surface area contributed by atoms with Crippen LogP contribution in [-0.4, -0.2) is 63.0 Å². The van der Waals surface area contributed by atoms with Crippen LogP contribution in [0.5, 0.6) is 5.75 Å². The van der Waals surface area contributed by atoms with Gasteiger partial charge >= 0.3 is 6.09 Å². The first-order valence-corrected chi connectivity index (χ1v) is 12.2. The maximum atomic E-state index is 13.3. The van der Waals surface area contributed by atoms with E-state index in [1.165, 1.54) is 0 Å². The molecule has 36 heavy (non-hydrogen) atoms. The van der Waals surface area contributed by atoms with Gasteiger partial charge in [0, 0.05) is 22.9 Å². The minimum absolute atomic E-state index is 0.133. The first-order valence-electron chi connectivity index (χ1n) is 12.2. The quantitative estimate of drug-likeness (QED) is 0.595. The van der Waals surface area contributed by atoms with E-state index in [1.54, 1.807) is 12.0 Å². The summed E-state index contributed by atoms with van der Waals surface area (Å²) in [5.41, 5.74) is 5.35. The zero-order chi connectivity index (χ0) is 25.2. The van der Waals surface area contributed by atoms with Crippen molar-refractivity contribution in [2.75, 3.05) is 20.2 Å². The van der Waals surface area contributed by atoms with E-state index >= 15 is 0 Å². The number of likely N-dealkylation sites (tertiary alicyclic amines) is 1. The summed E-state index contributed by atoms with van der Waals surface area (Å²) in [7, 11) is 1.65. The maximum absolute atomic E-state index is 13.3. The van der Waals surface area contributed by atoms with Gasteiger partial charge in [0.15, 0.2) is 0 Å². The largest absolute Gasteiger partial charge is 0.497 e. The molecule has 9 heteroatoms. The molecule has 3 aliphatic rings. The van der Waals surface area contributed by atoms with Gasteiger partial charge in [-0.2, -0.15) is 5.10 Å². The van der Waals surface area contributed by atoms with Crippen molar-refractivity contribution >= 4 is 12.0 Å². The smallest absolute Gasteiger partial charge is 0.410 e. The van der Waals surface area contributed by atoms with Crippen molar-refractivity contribution in [2.24, 2.45) is 0 Å². The van der Waals surface area contributed by atoms with Crippen LogP contribution >= 0.6 is 0 Å². The van der Waals surface area contributed by atoms with Crippen LogP contribution in [0.15, 0.2) is 36.5 Å². The van der Waals surface area contributed by atoms with Crippen molar-refractivity contribution in [1.29, 1.82) is 0 Å². The Morgan fingerprint density at radius 1 is 1.11 bits per heavy atom. The number of ether oxygens (including phenoxy) is 2. The second-order valence-electron chi connectivity index (χ2n) is 10.9. The van der Waals surface area contributed by atoms with Gasteiger partial charge in [0.2, 0.25) is 0 Å². The van der Waals surface area contributed by atoms with Crippen LogP contribution < -0.4 is 10.1 Å². The molecule has 1 aliphatic carbocycles. The SMILES string of the molecule is COc1ccc(-c2cc3c(cn2)CCc2c-3nn3c2C(=O)NC2(CN(C(=O)OC(C)(C)C)C2)C3)cc1. The molecule has 1 N–H and O–H groups in total. The molecule has 0 bridgehead atoms. The van der Waals surface area contributed by atoms with Gasteiger partial charge in [-0.3, -0.25) is 14.5 Å². The minimum Gasteiger partial charge on any atom is -0.497 e. The zero-order valence-corrected chi connectivity index (χ0v) is 20.9. The lowest BCUT2D eigenvalue weighted by Gasteiger charge is -2.51. The highest BCUT2D eigenvalue weighted by atomic mass is 16.6. The summed E-state index contributed by atoms with van der Waals surface area (Å²) in [6, 6.07) is 9.87. The van der Waals surface area contributed by atoms with Gasteiger partial charge < -0.3 is 19.7 Å². The number of nitrogens with one attached hydrogen (secondary N) is 1. The van der Waals surface area contributed by atoms with Crippen LogP contribution in [-0.2, 0) is 24.1 Å². The number of benzene rings is 1. The second kappa shape index (κ2) is 7.81. The van der Waals surface area contributed by atoms with Gasteiger partial charge in [0.25, 0.3) is 5.91 Å². The first-order chi connectivity index (χ1) is 17.1. The Balaban J connectivity index is 1.29. The Kier molecular flexibility index (Phi) is 4.90. The molecule has 2 aliphatic heterocycles. The average Bonchev–Trinajstić information content (AvgIpc) is 3.20. The number of hydrogen-bond acceptors (Lipinski definition) is 6. The Labute approximate surface area is 209 Å². The van der Waals surface area contributed by atoms with Crippen molar-refractivity contribution in [1.82, 2.24) is 25.0 Å². The zero-order valence-electron chi connectivity index (χ0n) is 20.9. The van der Waals surface area contributed by atoms with E-state index in [2.05, 4.69) is 16.4 Å². The van der Waals surface area contributed by atoms with Crippen molar-refractivity contribution in [3.8, 4) is 28.3 Å². The molecule has 1 aromatic carbocycles. The number of nitrogens with zero attached hydrogens (tertiary/aromatic N) is 4. The number of rotatable bonds is 2. The Hall–Kier alpha value is -3.88. The summed E-state index contributed by atoms with van der Waals surface area (Å²) in [6.07, 6.45) is 3.11. The number of amides is 2. The highest BCUT2D eigenvalue weighted by molar-refractivity contribution is 5.98. The molecule has 0 atom stereocenters. The Bertz CT molecular complexity index is 1380. The summed E-state index contributed by atoms with van der Waals surface area (Å²) in [5, 5.41) is 8.09. The topological polar surface area (TPSA) is 98.6 Å². The lowest BCUT2D eigenvalue weighted by Crippen LogP contribution is -2.75. The van der Waals surface area contributed by atoms with Crippen molar-refractivity contribution in [2.45, 2.75) is 51.3 Å². The lowest BCUT2D eigenvalue weighted by atomic mass is 9.86. The molecule has 9 nitrogen and oxygen atoms in total. The van der Waals surface area contributed by atoms with Gasteiger partial charge in [-0.25, -0.2) is 4.79 Å². The molecule has 2 amide bonds. The van der Waals surface area contributed by atoms with Crippen molar-refractivity contribution < 1.29 is 19.1 Å². The first kappa shape index (κ1) is 22.6. The fourth-order valence-corrected chi connectivity index (χ4v) is 5.35. The highest BCUT2D eigenvalue weighted by Crippen LogP contribution is 2.39. The second-order valence-corrected chi connectivity index (χ2v) is 10.9. The van der Waals surface area contributed by atoms with Crippen LogP contribution in [0.25, 0.3) is 22.5 Å². The summed E-state index contributed by atoms with van der Waals surface area (Å²) in [4.78, 5) is 32.0. The van der Waals surface area contributed by atoms with E-state index in [0.29, 0.717) is 25.3 Å². The van der Waals surface area contributed by atoms with E-state index < -0.39 is 11.1 Å². The summed E-state index contributed by atoms with van der Waals surface area (Å²) in [6.45, 7) is 6.86. The molecule has 0 radical (unpaired) electrons. The minimum atomic E-state index is -0.559. The van der Waals surface area contributed by atoms with Crippen LogP contribution in [0.3, 0.4) is 0 Å². The number of fused-ring (bicyclic) bond motifs is 5. The third-order valence-corrected chi connectivity index (χ3v) is 7.01. The molecule has 1 spiro atoms. The molecule has 6 rings (SSSR count). The number of methoxy groups -OCH3 is 1. The normalized spacial score (nSPS) is 17.4. The molecule has 1 fully saturated rings. The number of pyridine rings is 1. The summed E-state index contributed by atoms with van der Waals surface area (Å²) < 4.78 is 12.6. The van der Waals surface area contributed by atoms with Gasteiger partial charge in [0.1, 0.15) is 17.0 Å². The van der Waals surface area contributed by atoms with E-state index in [9.17, 15) is 9.59 Å².